The maximum absolute atomic E-state index is 14.4. The summed E-state index contributed by atoms with van der Waals surface area (Å²) in [6.07, 6.45) is 3.25. The largest absolute Gasteiger partial charge is 0.380 e. The van der Waals surface area contributed by atoms with Crippen LogP contribution in [0, 0.1) is 5.82 Å². The monoisotopic (exact) mass is 440 g/mol. The number of methoxy groups -OCH3 is 1. The summed E-state index contributed by atoms with van der Waals surface area (Å²) < 4.78 is 44.9. The molecule has 2 fully saturated rings. The van der Waals surface area contributed by atoms with Crippen LogP contribution in [0.4, 0.5) is 4.39 Å². The van der Waals surface area contributed by atoms with Crippen LogP contribution in [-0.2, 0) is 21.2 Å². The first-order valence-corrected chi connectivity index (χ1v) is 12.5. The maximum atomic E-state index is 14.4. The van der Waals surface area contributed by atoms with Crippen molar-refractivity contribution in [3.8, 4) is 0 Å². The highest BCUT2D eigenvalue weighted by atomic mass is 32.2. The van der Waals surface area contributed by atoms with E-state index in [-0.39, 0.29) is 35.9 Å². The zero-order valence-electron chi connectivity index (χ0n) is 16.3. The number of benzene rings is 1. The number of hydrogen-bond acceptors (Lipinski definition) is 6. The molecular formula is C20H25FN2O4S2. The van der Waals surface area contributed by atoms with Gasteiger partial charge < -0.3 is 10.1 Å². The van der Waals surface area contributed by atoms with E-state index in [4.69, 9.17) is 4.74 Å². The Kier molecular flexibility index (Phi) is 5.92. The lowest BCUT2D eigenvalue weighted by molar-refractivity contribution is 0.0900. The molecule has 0 radical (unpaired) electrons. The van der Waals surface area contributed by atoms with Gasteiger partial charge in [0, 0.05) is 28.8 Å². The molecule has 2 atom stereocenters. The second kappa shape index (κ2) is 8.29. The zero-order valence-corrected chi connectivity index (χ0v) is 18.0. The SMILES string of the molecule is COCc1c(C(=O)NC2CS(=O)(=O)CC2N2CCCCC2)sc2cccc(F)c12. The average molecular weight is 441 g/mol. The van der Waals surface area contributed by atoms with Gasteiger partial charge in [0.25, 0.3) is 5.91 Å². The highest BCUT2D eigenvalue weighted by molar-refractivity contribution is 7.91. The lowest BCUT2D eigenvalue weighted by Crippen LogP contribution is -2.52. The van der Waals surface area contributed by atoms with Gasteiger partial charge in [-0.25, -0.2) is 12.8 Å². The molecule has 1 amide bonds. The van der Waals surface area contributed by atoms with Gasteiger partial charge in [-0.05, 0) is 38.1 Å². The first-order chi connectivity index (χ1) is 13.9. The highest BCUT2D eigenvalue weighted by Crippen LogP contribution is 2.34. The second-order valence-corrected chi connectivity index (χ2v) is 11.0. The normalized spacial score (nSPS) is 24.8. The van der Waals surface area contributed by atoms with Gasteiger partial charge in [0.05, 0.1) is 29.0 Å². The van der Waals surface area contributed by atoms with Gasteiger partial charge in [-0.1, -0.05) is 12.5 Å². The summed E-state index contributed by atoms with van der Waals surface area (Å²) in [5.41, 5.74) is 0.512. The standard InChI is InChI=1S/C20H25FN2O4S2/c1-27-10-13-18-14(21)6-5-7-17(18)28-19(13)20(24)22-15-11-29(25,26)12-16(15)23-8-3-2-4-9-23/h5-7,15-16H,2-4,8-12H2,1H3,(H,22,24). The minimum Gasteiger partial charge on any atom is -0.380 e. The molecule has 1 aromatic heterocycles. The van der Waals surface area contributed by atoms with Crippen molar-refractivity contribution >= 4 is 37.2 Å². The number of halogens is 1. The molecule has 29 heavy (non-hydrogen) atoms. The van der Waals surface area contributed by atoms with Crippen LogP contribution in [0.2, 0.25) is 0 Å². The zero-order chi connectivity index (χ0) is 20.6. The minimum atomic E-state index is -3.21. The van der Waals surface area contributed by atoms with Gasteiger partial charge in [-0.15, -0.1) is 11.3 Å². The van der Waals surface area contributed by atoms with Crippen molar-refractivity contribution in [1.29, 1.82) is 0 Å². The van der Waals surface area contributed by atoms with Crippen LogP contribution in [-0.4, -0.2) is 63.0 Å². The van der Waals surface area contributed by atoms with Crippen molar-refractivity contribution in [3.05, 3.63) is 34.5 Å². The minimum absolute atomic E-state index is 0.0568. The predicted molar refractivity (Wildman–Crippen MR) is 112 cm³/mol. The molecule has 4 rings (SSSR count). The summed E-state index contributed by atoms with van der Waals surface area (Å²) >= 11 is 1.21. The lowest BCUT2D eigenvalue weighted by Gasteiger charge is -2.35. The Balaban J connectivity index is 1.62. The van der Waals surface area contributed by atoms with E-state index in [1.165, 1.54) is 24.5 Å². The molecule has 1 aromatic carbocycles. The van der Waals surface area contributed by atoms with Crippen molar-refractivity contribution in [2.24, 2.45) is 0 Å². The Morgan fingerprint density at radius 2 is 2.03 bits per heavy atom. The molecule has 1 N–H and O–H groups in total. The molecule has 2 aromatic rings. The number of amides is 1. The molecule has 158 valence electrons. The van der Waals surface area contributed by atoms with Gasteiger partial charge >= 0.3 is 0 Å². The van der Waals surface area contributed by atoms with Gasteiger partial charge in [-0.3, -0.25) is 9.69 Å². The Labute approximate surface area is 173 Å². The smallest absolute Gasteiger partial charge is 0.262 e. The van der Waals surface area contributed by atoms with E-state index in [9.17, 15) is 17.6 Å². The molecule has 0 spiro atoms. The summed E-state index contributed by atoms with van der Waals surface area (Å²) in [5.74, 6) is -0.732. The molecular weight excluding hydrogens is 415 g/mol. The second-order valence-electron chi connectivity index (χ2n) is 7.78. The number of piperidine rings is 1. The molecule has 3 heterocycles. The molecule has 2 aliphatic rings. The summed E-state index contributed by atoms with van der Waals surface area (Å²) in [6, 6.07) is 4.08. The Bertz CT molecular complexity index is 1010. The van der Waals surface area contributed by atoms with Crippen LogP contribution in [0.15, 0.2) is 18.2 Å². The van der Waals surface area contributed by atoms with Gasteiger partial charge in [-0.2, -0.15) is 0 Å². The Morgan fingerprint density at radius 1 is 1.28 bits per heavy atom. The van der Waals surface area contributed by atoms with E-state index in [0.717, 1.165) is 32.4 Å². The van der Waals surface area contributed by atoms with Crippen LogP contribution < -0.4 is 5.32 Å². The predicted octanol–water partition coefficient (Wildman–Crippen LogP) is 2.57. The fourth-order valence-corrected chi connectivity index (χ4v) is 7.52. The summed E-state index contributed by atoms with van der Waals surface area (Å²) in [5, 5.41) is 3.35. The molecule has 0 aliphatic carbocycles. The number of likely N-dealkylation sites (tertiary alicyclic amines) is 1. The first kappa shape index (κ1) is 20.7. The van der Waals surface area contributed by atoms with E-state index < -0.39 is 15.9 Å². The van der Waals surface area contributed by atoms with E-state index in [0.29, 0.717) is 20.5 Å². The molecule has 0 saturated carbocycles. The van der Waals surface area contributed by atoms with E-state index in [1.54, 1.807) is 12.1 Å². The average Bonchev–Trinajstić information content (AvgIpc) is 3.21. The molecule has 2 saturated heterocycles. The van der Waals surface area contributed by atoms with Crippen LogP contribution in [0.1, 0.15) is 34.5 Å². The van der Waals surface area contributed by atoms with Crippen LogP contribution in [0.5, 0.6) is 0 Å². The number of carbonyl (C=O) groups excluding carboxylic acids is 1. The van der Waals surface area contributed by atoms with Crippen LogP contribution in [0.25, 0.3) is 10.1 Å². The third kappa shape index (κ3) is 4.19. The summed E-state index contributed by atoms with van der Waals surface area (Å²) in [4.78, 5) is 15.7. The molecule has 6 nitrogen and oxygen atoms in total. The summed E-state index contributed by atoms with van der Waals surface area (Å²) in [6.45, 7) is 1.83. The molecule has 9 heteroatoms. The quantitative estimate of drug-likeness (QED) is 0.774. The van der Waals surface area contributed by atoms with Gasteiger partial charge in [0.1, 0.15) is 5.82 Å². The van der Waals surface area contributed by atoms with Crippen molar-refractivity contribution in [3.63, 3.8) is 0 Å². The third-order valence-electron chi connectivity index (χ3n) is 5.76. The lowest BCUT2D eigenvalue weighted by atomic mass is 10.0. The molecule has 2 aliphatic heterocycles. The number of carbonyl (C=O) groups is 1. The summed E-state index contributed by atoms with van der Waals surface area (Å²) in [7, 11) is -1.71. The molecule has 0 bridgehead atoms. The number of fused-ring (bicyclic) bond motifs is 1. The number of sulfone groups is 1. The van der Waals surface area contributed by atoms with Gasteiger partial charge in [0.2, 0.25) is 0 Å². The third-order valence-corrected chi connectivity index (χ3v) is 8.67. The van der Waals surface area contributed by atoms with Gasteiger partial charge in [0.15, 0.2) is 9.84 Å². The van der Waals surface area contributed by atoms with Crippen LogP contribution in [0.3, 0.4) is 0 Å². The fourth-order valence-electron chi connectivity index (χ4n) is 4.44. The van der Waals surface area contributed by atoms with Crippen LogP contribution >= 0.6 is 11.3 Å². The van der Waals surface area contributed by atoms with E-state index in [1.807, 2.05) is 0 Å². The maximum Gasteiger partial charge on any atom is 0.262 e. The number of rotatable bonds is 5. The molecule has 2 unspecified atom stereocenters. The Hall–Kier alpha value is -1.55. The van der Waals surface area contributed by atoms with Crippen molar-refractivity contribution in [1.82, 2.24) is 10.2 Å². The topological polar surface area (TPSA) is 75.7 Å². The number of ether oxygens (including phenoxy) is 1. The number of nitrogens with zero attached hydrogens (tertiary/aromatic N) is 1. The Morgan fingerprint density at radius 3 is 2.76 bits per heavy atom. The highest BCUT2D eigenvalue weighted by Gasteiger charge is 2.42. The van der Waals surface area contributed by atoms with Crippen molar-refractivity contribution in [2.75, 3.05) is 31.7 Å². The van der Waals surface area contributed by atoms with E-state index >= 15 is 0 Å². The number of hydrogen-bond donors (Lipinski definition) is 1. The van der Waals surface area contributed by atoms with Crippen molar-refractivity contribution in [2.45, 2.75) is 38.0 Å². The number of nitrogens with one attached hydrogen (secondary N) is 1. The first-order valence-electron chi connectivity index (χ1n) is 9.84. The van der Waals surface area contributed by atoms with Crippen molar-refractivity contribution < 1.29 is 22.3 Å². The number of thiophene rings is 1. The fraction of sp³-hybridized carbons (Fsp3) is 0.550. The van der Waals surface area contributed by atoms with E-state index in [2.05, 4.69) is 10.2 Å².